The first-order valence-electron chi connectivity index (χ1n) is 5.57. The number of nitrogens with two attached hydrogens (primary N) is 2. The van der Waals surface area contributed by atoms with E-state index in [0.717, 1.165) is 18.7 Å². The molecule has 1 atom stereocenters. The minimum atomic E-state index is 0.640. The molecule has 0 aromatic heterocycles. The standard InChI is InChI=1S/C11H25N3/c1-4-6-7-10(3)8-14(13)9-11(12)5-2/h9-10H,4-8,12-13H2,1-3H3/b11-9-/t10-/m1/s1. The van der Waals surface area contributed by atoms with Crippen molar-refractivity contribution in [3.8, 4) is 0 Å². The van der Waals surface area contributed by atoms with Crippen molar-refractivity contribution < 1.29 is 0 Å². The molecule has 84 valence electrons. The summed E-state index contributed by atoms with van der Waals surface area (Å²) in [5.74, 6) is 6.44. The highest BCUT2D eigenvalue weighted by molar-refractivity contribution is 4.93. The van der Waals surface area contributed by atoms with Crippen molar-refractivity contribution in [2.24, 2.45) is 17.5 Å². The molecule has 4 N–H and O–H groups in total. The van der Waals surface area contributed by atoms with Gasteiger partial charge in [-0.25, -0.2) is 5.84 Å². The highest BCUT2D eigenvalue weighted by Gasteiger charge is 2.03. The number of unbranched alkanes of at least 4 members (excludes halogenated alkanes) is 1. The van der Waals surface area contributed by atoms with Crippen LogP contribution in [0.4, 0.5) is 0 Å². The van der Waals surface area contributed by atoms with Crippen molar-refractivity contribution >= 4 is 0 Å². The predicted octanol–water partition coefficient (Wildman–Crippen LogP) is 2.20. The predicted molar refractivity (Wildman–Crippen MR) is 62.1 cm³/mol. The van der Waals surface area contributed by atoms with Gasteiger partial charge < -0.3 is 10.7 Å². The summed E-state index contributed by atoms with van der Waals surface area (Å²) in [5, 5.41) is 1.71. The molecule has 0 amide bonds. The van der Waals surface area contributed by atoms with E-state index < -0.39 is 0 Å². The Labute approximate surface area is 88.1 Å². The third-order valence-electron chi connectivity index (χ3n) is 2.31. The largest absolute Gasteiger partial charge is 0.401 e. The Morgan fingerprint density at radius 3 is 2.57 bits per heavy atom. The van der Waals surface area contributed by atoms with E-state index in [1.165, 1.54) is 19.3 Å². The summed E-state index contributed by atoms with van der Waals surface area (Å²) in [4.78, 5) is 0. The number of rotatable bonds is 7. The third kappa shape index (κ3) is 6.78. The van der Waals surface area contributed by atoms with Gasteiger partial charge in [-0.3, -0.25) is 0 Å². The van der Waals surface area contributed by atoms with Crippen molar-refractivity contribution in [1.29, 1.82) is 0 Å². The molecule has 0 aliphatic rings. The zero-order valence-electron chi connectivity index (χ0n) is 9.79. The second-order valence-electron chi connectivity index (χ2n) is 4.00. The lowest BCUT2D eigenvalue weighted by Crippen LogP contribution is -2.31. The molecule has 0 heterocycles. The van der Waals surface area contributed by atoms with Crippen molar-refractivity contribution in [1.82, 2.24) is 5.01 Å². The SMILES string of the molecule is CCCC[C@@H](C)CN(N)/C=C(\N)CC. The summed E-state index contributed by atoms with van der Waals surface area (Å²) in [6, 6.07) is 0. The average molecular weight is 199 g/mol. The van der Waals surface area contributed by atoms with Crippen molar-refractivity contribution in [3.63, 3.8) is 0 Å². The van der Waals surface area contributed by atoms with Crippen LogP contribution >= 0.6 is 0 Å². The molecule has 0 aliphatic heterocycles. The molecule has 3 nitrogen and oxygen atoms in total. The van der Waals surface area contributed by atoms with E-state index in [4.69, 9.17) is 11.6 Å². The number of hydrazine groups is 1. The highest BCUT2D eigenvalue weighted by Crippen LogP contribution is 2.08. The van der Waals surface area contributed by atoms with Crippen LogP contribution in [0, 0.1) is 5.92 Å². The quantitative estimate of drug-likeness (QED) is 0.488. The van der Waals surface area contributed by atoms with Crippen molar-refractivity contribution in [2.45, 2.75) is 46.5 Å². The first-order valence-corrected chi connectivity index (χ1v) is 5.57. The van der Waals surface area contributed by atoms with Gasteiger partial charge in [-0.15, -0.1) is 0 Å². The molecule has 0 spiro atoms. The Kier molecular flexibility index (Phi) is 7.30. The molecule has 0 fully saturated rings. The van der Waals surface area contributed by atoms with Gasteiger partial charge in [0.2, 0.25) is 0 Å². The summed E-state index contributed by atoms with van der Waals surface area (Å²) in [6.07, 6.45) is 6.47. The zero-order chi connectivity index (χ0) is 11.0. The fraction of sp³-hybridized carbons (Fsp3) is 0.818. The third-order valence-corrected chi connectivity index (χ3v) is 2.31. The molecule has 0 saturated carbocycles. The maximum absolute atomic E-state index is 5.80. The maximum Gasteiger partial charge on any atom is 0.0361 e. The molecular formula is C11H25N3. The van der Waals surface area contributed by atoms with Gasteiger partial charge in [0.25, 0.3) is 0 Å². The summed E-state index contributed by atoms with van der Waals surface area (Å²) in [6.45, 7) is 7.36. The van der Waals surface area contributed by atoms with Gasteiger partial charge in [-0.1, -0.05) is 33.6 Å². The average Bonchev–Trinajstić information content (AvgIpc) is 2.14. The fourth-order valence-electron chi connectivity index (χ4n) is 1.36. The van der Waals surface area contributed by atoms with Gasteiger partial charge in [0.15, 0.2) is 0 Å². The lowest BCUT2D eigenvalue weighted by atomic mass is 10.0. The lowest BCUT2D eigenvalue weighted by Gasteiger charge is -2.19. The van der Waals surface area contributed by atoms with E-state index >= 15 is 0 Å². The van der Waals surface area contributed by atoms with Crippen molar-refractivity contribution in [2.75, 3.05) is 6.54 Å². The van der Waals surface area contributed by atoms with E-state index in [0.29, 0.717) is 5.92 Å². The Hall–Kier alpha value is -0.700. The molecule has 0 unspecified atom stereocenters. The van der Waals surface area contributed by atoms with Crippen molar-refractivity contribution in [3.05, 3.63) is 11.9 Å². The van der Waals surface area contributed by atoms with E-state index in [1.807, 2.05) is 13.1 Å². The van der Waals surface area contributed by atoms with Crippen LogP contribution in [0.5, 0.6) is 0 Å². The zero-order valence-corrected chi connectivity index (χ0v) is 9.79. The van der Waals surface area contributed by atoms with Crippen LogP contribution in [0.15, 0.2) is 11.9 Å². The van der Waals surface area contributed by atoms with Gasteiger partial charge in [0, 0.05) is 18.4 Å². The first-order chi connectivity index (χ1) is 6.60. The molecule has 0 aliphatic carbocycles. The smallest absolute Gasteiger partial charge is 0.0361 e. The molecule has 0 radical (unpaired) electrons. The maximum atomic E-state index is 5.80. The number of allylic oxidation sites excluding steroid dienone is 1. The topological polar surface area (TPSA) is 55.3 Å². The van der Waals surface area contributed by atoms with Gasteiger partial charge in [-0.2, -0.15) is 0 Å². The van der Waals surface area contributed by atoms with Gasteiger partial charge in [-0.05, 0) is 18.8 Å². The lowest BCUT2D eigenvalue weighted by molar-refractivity contribution is 0.312. The molecule has 0 rings (SSSR count). The molecule has 0 bridgehead atoms. The van der Waals surface area contributed by atoms with E-state index in [-0.39, 0.29) is 0 Å². The Bertz CT molecular complexity index is 166. The summed E-state index contributed by atoms with van der Waals surface area (Å²) in [7, 11) is 0. The number of nitrogens with zero attached hydrogens (tertiary/aromatic N) is 1. The number of hydrogen-bond donors (Lipinski definition) is 2. The second kappa shape index (κ2) is 7.68. The van der Waals surface area contributed by atoms with Crippen LogP contribution in [-0.2, 0) is 0 Å². The molecule has 14 heavy (non-hydrogen) atoms. The van der Waals surface area contributed by atoms with Gasteiger partial charge in [0.1, 0.15) is 0 Å². The van der Waals surface area contributed by atoms with Crippen LogP contribution in [0.3, 0.4) is 0 Å². The minimum absolute atomic E-state index is 0.640. The molecule has 0 saturated heterocycles. The van der Waals surface area contributed by atoms with Crippen LogP contribution in [0.25, 0.3) is 0 Å². The van der Waals surface area contributed by atoms with Crippen LogP contribution in [0.2, 0.25) is 0 Å². The summed E-state index contributed by atoms with van der Waals surface area (Å²) < 4.78 is 0. The van der Waals surface area contributed by atoms with E-state index in [9.17, 15) is 0 Å². The van der Waals surface area contributed by atoms with E-state index in [1.54, 1.807) is 5.01 Å². The minimum Gasteiger partial charge on any atom is -0.401 e. The van der Waals surface area contributed by atoms with E-state index in [2.05, 4.69) is 13.8 Å². The van der Waals surface area contributed by atoms with Crippen LogP contribution < -0.4 is 11.6 Å². The van der Waals surface area contributed by atoms with Crippen LogP contribution in [-0.4, -0.2) is 11.6 Å². The fourth-order valence-corrected chi connectivity index (χ4v) is 1.36. The number of hydrogen-bond acceptors (Lipinski definition) is 3. The molecule has 0 aromatic carbocycles. The Morgan fingerprint density at radius 1 is 1.43 bits per heavy atom. The Balaban J connectivity index is 3.75. The van der Waals surface area contributed by atoms with Gasteiger partial charge >= 0.3 is 0 Å². The highest BCUT2D eigenvalue weighted by atomic mass is 15.4. The monoisotopic (exact) mass is 199 g/mol. The summed E-state index contributed by atoms with van der Waals surface area (Å²) >= 11 is 0. The Morgan fingerprint density at radius 2 is 2.07 bits per heavy atom. The first kappa shape index (κ1) is 13.3. The second-order valence-corrected chi connectivity index (χ2v) is 4.00. The molecular weight excluding hydrogens is 174 g/mol. The normalized spacial score (nSPS) is 14.1. The van der Waals surface area contributed by atoms with Gasteiger partial charge in [0.05, 0.1) is 0 Å². The molecule has 0 aromatic rings. The summed E-state index contributed by atoms with van der Waals surface area (Å²) in [5.41, 5.74) is 6.53. The van der Waals surface area contributed by atoms with Crippen LogP contribution in [0.1, 0.15) is 46.5 Å². The molecule has 3 heteroatoms.